The highest BCUT2D eigenvalue weighted by molar-refractivity contribution is 7.93. The zero-order chi connectivity index (χ0) is 35.4. The first-order chi connectivity index (χ1) is 22.9. The summed E-state index contributed by atoms with van der Waals surface area (Å²) in [7, 11) is -7.20. The maximum absolute atomic E-state index is 11.9. The second-order valence-corrected chi connectivity index (χ2v) is 13.1. The molecule has 0 spiro atoms. The fourth-order valence-corrected chi connectivity index (χ4v) is 5.29. The highest BCUT2D eigenvalue weighted by atomic mass is 32.2. The van der Waals surface area contributed by atoms with E-state index in [1.165, 1.54) is 60.9 Å². The fraction of sp³-hybridized carbons (Fsp3) is 0.250. The van der Waals surface area contributed by atoms with Gasteiger partial charge in [0.1, 0.15) is 11.6 Å². The summed E-state index contributed by atoms with van der Waals surface area (Å²) in [5.41, 5.74) is 12.0. The molecule has 0 fully saturated rings. The summed E-state index contributed by atoms with van der Waals surface area (Å²) < 4.78 is 61.8. The zero-order valence-electron chi connectivity index (χ0n) is 26.6. The van der Waals surface area contributed by atoms with Gasteiger partial charge in [0, 0.05) is 23.8 Å². The number of anilines is 4. The molecule has 0 saturated heterocycles. The van der Waals surface area contributed by atoms with E-state index in [0.717, 1.165) is 25.7 Å². The number of pyridine rings is 2. The van der Waals surface area contributed by atoms with Gasteiger partial charge in [0.15, 0.2) is 0 Å². The number of nitrogen functional groups attached to an aromatic ring is 2. The Morgan fingerprint density at radius 2 is 0.958 bits per heavy atom. The van der Waals surface area contributed by atoms with E-state index in [0.29, 0.717) is 11.4 Å². The van der Waals surface area contributed by atoms with Crippen LogP contribution in [0.15, 0.2) is 107 Å². The number of aromatic nitrogens is 2. The van der Waals surface area contributed by atoms with E-state index in [1.54, 1.807) is 36.4 Å². The second kappa shape index (κ2) is 20.1. The summed E-state index contributed by atoms with van der Waals surface area (Å²) in [6.45, 7) is 4.54. The Morgan fingerprint density at radius 3 is 1.25 bits per heavy atom. The highest BCUT2D eigenvalue weighted by Gasteiger charge is 2.17. The van der Waals surface area contributed by atoms with Crippen LogP contribution in [0.25, 0.3) is 0 Å². The van der Waals surface area contributed by atoms with Gasteiger partial charge in [-0.2, -0.15) is 0 Å². The Bertz CT molecular complexity index is 1630. The molecule has 0 aliphatic rings. The molecule has 0 saturated carbocycles. The average Bonchev–Trinajstić information content (AvgIpc) is 3.06. The number of nitrogens with one attached hydrogen (secondary N) is 2. The molecule has 0 bridgehead atoms. The lowest BCUT2D eigenvalue weighted by atomic mass is 10.3. The molecule has 0 unspecified atom stereocenters. The highest BCUT2D eigenvalue weighted by Crippen LogP contribution is 2.16. The van der Waals surface area contributed by atoms with E-state index >= 15 is 0 Å². The molecule has 2 aromatic heterocycles. The van der Waals surface area contributed by atoms with E-state index in [9.17, 15) is 26.4 Å². The number of sulfonamides is 2. The summed E-state index contributed by atoms with van der Waals surface area (Å²) in [4.78, 5) is 29.9. The number of carbonyl (C=O) groups is 2. The van der Waals surface area contributed by atoms with Gasteiger partial charge in [-0.3, -0.25) is 9.44 Å². The maximum Gasteiger partial charge on any atom is 0.417 e. The molecule has 14 nitrogen and oxygen atoms in total. The molecule has 48 heavy (non-hydrogen) atoms. The van der Waals surface area contributed by atoms with Crippen LogP contribution in [-0.4, -0.2) is 52.0 Å². The first kappa shape index (κ1) is 39.0. The number of nitrogens with two attached hydrogens (primary N) is 2. The van der Waals surface area contributed by atoms with E-state index in [4.69, 9.17) is 11.5 Å². The Hall–Kier alpha value is -5.22. The third kappa shape index (κ3) is 14.5. The van der Waals surface area contributed by atoms with Crippen LogP contribution in [0.4, 0.5) is 23.0 Å². The Balaban J connectivity index is 0.000000252. The van der Waals surface area contributed by atoms with E-state index < -0.39 is 32.0 Å². The number of hydrogen-bond acceptors (Lipinski definition) is 12. The monoisotopic (exact) mass is 700 g/mol. The molecule has 0 aliphatic carbocycles. The number of unbranched alkanes of at least 4 members (excludes halogenated alkanes) is 2. The number of carbonyl (C=O) groups excluding carboxylic acids is 2. The molecule has 2 heterocycles. The van der Waals surface area contributed by atoms with Crippen molar-refractivity contribution in [2.45, 2.75) is 49.3 Å². The Labute approximate surface area is 281 Å². The van der Waals surface area contributed by atoms with Gasteiger partial charge in [0.05, 0.1) is 23.0 Å². The minimum Gasteiger partial charge on any atom is -0.457 e. The fourth-order valence-electron chi connectivity index (χ4n) is 3.27. The summed E-state index contributed by atoms with van der Waals surface area (Å²) in [6, 6.07) is 21.9. The molecule has 258 valence electrons. The van der Waals surface area contributed by atoms with Crippen molar-refractivity contribution in [1.29, 1.82) is 0 Å². The van der Waals surface area contributed by atoms with Crippen LogP contribution in [0, 0.1) is 0 Å². The molecule has 0 radical (unpaired) electrons. The summed E-state index contributed by atoms with van der Waals surface area (Å²) in [5.74, 6) is -1.20. The number of nitrogens with zero attached hydrogens (tertiary/aromatic N) is 2. The zero-order valence-corrected chi connectivity index (χ0v) is 28.2. The van der Waals surface area contributed by atoms with Crippen LogP contribution in [-0.2, 0) is 39.1 Å². The van der Waals surface area contributed by atoms with E-state index in [-0.39, 0.29) is 34.6 Å². The van der Waals surface area contributed by atoms with Crippen molar-refractivity contribution in [3.8, 4) is 0 Å². The van der Waals surface area contributed by atoms with E-state index in [1.807, 2.05) is 13.8 Å². The third-order valence-corrected chi connectivity index (χ3v) is 8.56. The van der Waals surface area contributed by atoms with Crippen molar-refractivity contribution < 1.29 is 35.9 Å². The molecular weight excluding hydrogens is 661 g/mol. The van der Waals surface area contributed by atoms with Gasteiger partial charge >= 0.3 is 11.9 Å². The maximum atomic E-state index is 11.9. The molecular formula is C32H40N6O8S2. The number of rotatable bonds is 12. The minimum absolute atomic E-state index is 0.150. The van der Waals surface area contributed by atoms with Gasteiger partial charge in [0.25, 0.3) is 20.0 Å². The van der Waals surface area contributed by atoms with Crippen molar-refractivity contribution >= 4 is 55.0 Å². The lowest BCUT2D eigenvalue weighted by Gasteiger charge is -2.06. The summed E-state index contributed by atoms with van der Waals surface area (Å²) >= 11 is 0. The molecule has 2 aromatic carbocycles. The second-order valence-electron chi connectivity index (χ2n) is 9.76. The molecule has 6 N–H and O–H groups in total. The molecule has 0 amide bonds. The minimum atomic E-state index is -3.60. The molecule has 4 aromatic rings. The van der Waals surface area contributed by atoms with Crippen LogP contribution in [0.2, 0.25) is 0 Å². The average molecular weight is 701 g/mol. The van der Waals surface area contributed by atoms with Crippen LogP contribution >= 0.6 is 0 Å². The van der Waals surface area contributed by atoms with Gasteiger partial charge in [-0.25, -0.2) is 36.4 Å². The first-order valence-corrected chi connectivity index (χ1v) is 17.8. The van der Waals surface area contributed by atoms with E-state index in [2.05, 4.69) is 28.9 Å². The summed E-state index contributed by atoms with van der Waals surface area (Å²) in [5, 5.41) is 0. The quantitative estimate of drug-likeness (QED) is 0.0689. The van der Waals surface area contributed by atoms with Gasteiger partial charge < -0.3 is 20.9 Å². The van der Waals surface area contributed by atoms with Crippen LogP contribution in [0.5, 0.6) is 0 Å². The largest absolute Gasteiger partial charge is 0.457 e. The van der Waals surface area contributed by atoms with Crippen molar-refractivity contribution in [1.82, 2.24) is 9.97 Å². The third-order valence-electron chi connectivity index (χ3n) is 5.82. The number of esters is 2. The smallest absolute Gasteiger partial charge is 0.417 e. The van der Waals surface area contributed by atoms with Crippen molar-refractivity contribution in [3.05, 3.63) is 97.3 Å². The predicted octanol–water partition coefficient (Wildman–Crippen LogP) is 4.60. The predicted molar refractivity (Wildman–Crippen MR) is 184 cm³/mol. The van der Waals surface area contributed by atoms with Crippen molar-refractivity contribution in [2.75, 3.05) is 34.1 Å². The lowest BCUT2D eigenvalue weighted by molar-refractivity contribution is -0.167. The van der Waals surface area contributed by atoms with Crippen LogP contribution in [0.3, 0.4) is 0 Å². The van der Waals surface area contributed by atoms with Gasteiger partial charge in [-0.1, -0.05) is 38.8 Å². The molecule has 0 atom stereocenters. The summed E-state index contributed by atoms with van der Waals surface area (Å²) in [6.07, 6.45) is 6.43. The van der Waals surface area contributed by atoms with Crippen molar-refractivity contribution in [3.63, 3.8) is 0 Å². The molecule has 4 rings (SSSR count). The normalized spacial score (nSPS) is 10.6. The topological polar surface area (TPSA) is 223 Å². The number of benzene rings is 2. The van der Waals surface area contributed by atoms with Gasteiger partial charge in [0.2, 0.25) is 0 Å². The Morgan fingerprint density at radius 1 is 0.604 bits per heavy atom. The standard InChI is InChI=1S/2C11H11N3O2S.C10H18O4/c2*12-9-4-6-10(7-5-9)17(15,16)14-11-3-1-2-8-13-11;1-3-5-7-13-9(11)10(12)14-8-6-4-2/h2*1-8H,12H2,(H,13,14);3-8H2,1-2H3. The van der Waals surface area contributed by atoms with Gasteiger partial charge in [-0.05, 0) is 85.6 Å². The Kier molecular flexibility index (Phi) is 16.3. The molecule has 0 aliphatic heterocycles. The van der Waals surface area contributed by atoms with Gasteiger partial charge in [-0.15, -0.1) is 0 Å². The number of ether oxygens (including phenoxy) is 2. The van der Waals surface area contributed by atoms with Crippen LogP contribution < -0.4 is 20.9 Å². The van der Waals surface area contributed by atoms with Crippen molar-refractivity contribution in [2.24, 2.45) is 0 Å². The number of hydrogen-bond donors (Lipinski definition) is 4. The lowest BCUT2D eigenvalue weighted by Crippen LogP contribution is -2.21. The SMILES string of the molecule is CCCCOC(=O)C(=O)OCCCC.Nc1ccc(S(=O)(=O)Nc2ccccn2)cc1.Nc1ccc(S(=O)(=O)Nc2ccccn2)cc1. The first-order valence-electron chi connectivity index (χ1n) is 14.8. The van der Waals surface area contributed by atoms with Crippen LogP contribution in [0.1, 0.15) is 39.5 Å². The molecule has 16 heteroatoms.